The third-order valence-corrected chi connectivity index (χ3v) is 8.75. The number of urea groups is 1. The van der Waals surface area contributed by atoms with E-state index in [0.717, 1.165) is 93.5 Å². The molecule has 0 bridgehead atoms. The molecule has 11 heteroatoms. The Balaban J connectivity index is 1.42. The molecule has 0 atom stereocenters. The molecular weight excluding hydrogens is 546 g/mol. The molecular formula is C32H41N7O4. The van der Waals surface area contributed by atoms with Crippen molar-refractivity contribution in [1.82, 2.24) is 24.6 Å². The zero-order valence-electron chi connectivity index (χ0n) is 25.5. The van der Waals surface area contributed by atoms with Gasteiger partial charge in [0.2, 0.25) is 5.78 Å². The van der Waals surface area contributed by atoms with Crippen molar-refractivity contribution in [2.24, 2.45) is 0 Å². The van der Waals surface area contributed by atoms with Crippen LogP contribution in [-0.2, 0) is 6.54 Å². The number of carbonyl (C=O) groups is 2. The number of amides is 2. The molecule has 3 aromatic rings. The van der Waals surface area contributed by atoms with E-state index in [1.165, 1.54) is 0 Å². The van der Waals surface area contributed by atoms with Crippen LogP contribution < -0.4 is 25.0 Å². The average Bonchev–Trinajstić information content (AvgIpc) is 3.50. The van der Waals surface area contributed by atoms with Crippen molar-refractivity contribution in [3.05, 3.63) is 53.3 Å². The smallest absolute Gasteiger partial charge is 0.318 e. The molecule has 11 nitrogen and oxygen atoms in total. The Morgan fingerprint density at radius 1 is 0.953 bits per heavy atom. The number of nitrogens with one attached hydrogen (secondary N) is 2. The first-order chi connectivity index (χ1) is 20.8. The maximum Gasteiger partial charge on any atom is 0.318 e. The van der Waals surface area contributed by atoms with Crippen molar-refractivity contribution in [1.29, 1.82) is 0 Å². The number of rotatable bonds is 7. The molecule has 43 heavy (non-hydrogen) atoms. The van der Waals surface area contributed by atoms with Gasteiger partial charge in [-0.3, -0.25) is 9.69 Å². The highest BCUT2D eigenvalue weighted by Crippen LogP contribution is 2.40. The number of hydrogen-bond acceptors (Lipinski definition) is 8. The van der Waals surface area contributed by atoms with E-state index in [1.807, 2.05) is 12.1 Å². The lowest BCUT2D eigenvalue weighted by Crippen LogP contribution is -2.46. The number of hydrogen-bond donors (Lipinski definition) is 2. The maximum atomic E-state index is 13.7. The fourth-order valence-electron chi connectivity index (χ4n) is 6.11. The summed E-state index contributed by atoms with van der Waals surface area (Å²) in [5.41, 5.74) is 3.02. The number of anilines is 2. The highest BCUT2D eigenvalue weighted by atomic mass is 16.5. The van der Waals surface area contributed by atoms with Crippen molar-refractivity contribution in [3.63, 3.8) is 0 Å². The Morgan fingerprint density at radius 3 is 2.37 bits per heavy atom. The fraction of sp³-hybridized carbons (Fsp3) is 0.438. The van der Waals surface area contributed by atoms with Crippen LogP contribution in [0, 0.1) is 0 Å². The summed E-state index contributed by atoms with van der Waals surface area (Å²) in [6, 6.07) is 11.0. The molecule has 0 unspecified atom stereocenters. The minimum absolute atomic E-state index is 0.207. The quantitative estimate of drug-likeness (QED) is 0.408. The van der Waals surface area contributed by atoms with Crippen molar-refractivity contribution in [3.8, 4) is 11.5 Å². The predicted molar refractivity (Wildman–Crippen MR) is 170 cm³/mol. The topological polar surface area (TPSA) is 94.6 Å². The van der Waals surface area contributed by atoms with Gasteiger partial charge in [0.05, 0.1) is 18.2 Å². The molecule has 2 saturated heterocycles. The maximum absolute atomic E-state index is 13.7. The largest absolute Gasteiger partial charge is 0.497 e. The number of Topliss-reactive ketones (excluding diaryl/α,β-unsaturated/α-hetero) is 1. The first-order valence-corrected chi connectivity index (χ1v) is 15.0. The Bertz CT molecular complexity index is 1550. The number of carbonyl (C=O) groups excluding carboxylic acids is 2. The van der Waals surface area contributed by atoms with Crippen LogP contribution in [0.1, 0.15) is 15.9 Å². The number of ether oxygens (including phenoxy) is 2. The summed E-state index contributed by atoms with van der Waals surface area (Å²) in [4.78, 5) is 35.2. The van der Waals surface area contributed by atoms with Gasteiger partial charge in [0.25, 0.3) is 0 Å². The molecule has 0 radical (unpaired) electrons. The van der Waals surface area contributed by atoms with Gasteiger partial charge in [0, 0.05) is 89.1 Å². The number of ketones is 1. The first-order valence-electron chi connectivity index (χ1n) is 15.0. The third kappa shape index (κ3) is 5.93. The van der Waals surface area contributed by atoms with Crippen molar-refractivity contribution in [2.45, 2.75) is 6.54 Å². The Labute approximate surface area is 252 Å². The Kier molecular flexibility index (Phi) is 8.29. The standard InChI is InChI=1S/C32H41N7O4/c1-33-32(41)34-22-5-8-28-26(19-22)30(40)29(43-28)21-25-24-20-23(42-4)6-7-27(24)39(18-15-37-13-9-35(2)10-14-37)31(25)38-16-11-36(3)12-17-38/h5-8,19-21H,9-18H2,1-4H3,(H2,33,34,41). The summed E-state index contributed by atoms with van der Waals surface area (Å²) >= 11 is 0. The van der Waals surface area contributed by atoms with E-state index in [9.17, 15) is 9.59 Å². The highest BCUT2D eigenvalue weighted by Gasteiger charge is 2.31. The zero-order chi connectivity index (χ0) is 30.1. The number of allylic oxidation sites excluding steroid dienone is 1. The highest BCUT2D eigenvalue weighted by molar-refractivity contribution is 6.16. The average molecular weight is 588 g/mol. The number of fused-ring (bicyclic) bond motifs is 2. The summed E-state index contributed by atoms with van der Waals surface area (Å²) in [7, 11) is 7.56. The summed E-state index contributed by atoms with van der Waals surface area (Å²) in [5.74, 6) is 2.41. The Morgan fingerprint density at radius 2 is 1.67 bits per heavy atom. The third-order valence-electron chi connectivity index (χ3n) is 8.75. The van der Waals surface area contributed by atoms with Crippen LogP contribution in [0.2, 0.25) is 0 Å². The molecule has 0 spiro atoms. The fourth-order valence-corrected chi connectivity index (χ4v) is 6.11. The lowest BCUT2D eigenvalue weighted by Gasteiger charge is -2.36. The molecule has 1 aromatic heterocycles. The molecule has 0 aliphatic carbocycles. The van der Waals surface area contributed by atoms with Gasteiger partial charge < -0.3 is 39.4 Å². The van der Waals surface area contributed by atoms with E-state index in [1.54, 1.807) is 32.4 Å². The second kappa shape index (κ2) is 12.3. The normalized spacial score (nSPS) is 19.1. The van der Waals surface area contributed by atoms with Crippen molar-refractivity contribution < 1.29 is 19.1 Å². The second-order valence-corrected chi connectivity index (χ2v) is 11.6. The molecule has 2 amide bonds. The van der Waals surface area contributed by atoms with Crippen LogP contribution in [0.15, 0.2) is 42.2 Å². The molecule has 0 saturated carbocycles. The summed E-state index contributed by atoms with van der Waals surface area (Å²) < 4.78 is 14.2. The minimum atomic E-state index is -0.350. The van der Waals surface area contributed by atoms with Gasteiger partial charge in [-0.25, -0.2) is 4.79 Å². The van der Waals surface area contributed by atoms with E-state index in [-0.39, 0.29) is 17.6 Å². The number of methoxy groups -OCH3 is 1. The lowest BCUT2D eigenvalue weighted by atomic mass is 10.1. The van der Waals surface area contributed by atoms with Crippen molar-refractivity contribution >= 4 is 40.3 Å². The van der Waals surface area contributed by atoms with E-state index >= 15 is 0 Å². The number of piperazine rings is 2. The van der Waals surface area contributed by atoms with Crippen LogP contribution in [0.5, 0.6) is 11.5 Å². The van der Waals surface area contributed by atoms with Gasteiger partial charge in [-0.15, -0.1) is 0 Å². The zero-order valence-corrected chi connectivity index (χ0v) is 25.5. The number of benzene rings is 2. The second-order valence-electron chi connectivity index (χ2n) is 11.6. The van der Waals surface area contributed by atoms with Gasteiger partial charge in [0.15, 0.2) is 5.76 Å². The van der Waals surface area contributed by atoms with Gasteiger partial charge in [0.1, 0.15) is 17.3 Å². The van der Waals surface area contributed by atoms with Crippen molar-refractivity contribution in [2.75, 3.05) is 97.4 Å². The number of nitrogens with zero attached hydrogens (tertiary/aromatic N) is 5. The molecule has 6 rings (SSSR count). The molecule has 3 aliphatic rings. The number of likely N-dealkylation sites (N-methyl/N-ethyl adjacent to an activating group) is 2. The van der Waals surface area contributed by atoms with Gasteiger partial charge in [-0.1, -0.05) is 0 Å². The molecule has 3 aliphatic heterocycles. The van der Waals surface area contributed by atoms with E-state index in [0.29, 0.717) is 17.0 Å². The van der Waals surface area contributed by atoms with E-state index in [2.05, 4.69) is 61.0 Å². The molecule has 2 fully saturated rings. The molecule has 228 valence electrons. The SMILES string of the molecule is CNC(=O)Nc1ccc2c(c1)C(=O)C(=Cc1c(N3CCN(C)CC3)n(CCN3CCN(C)CC3)c3ccc(OC)cc13)O2. The molecule has 4 heterocycles. The predicted octanol–water partition coefficient (Wildman–Crippen LogP) is 3.02. The van der Waals surface area contributed by atoms with Crippen LogP contribution >= 0.6 is 0 Å². The lowest BCUT2D eigenvalue weighted by molar-refractivity contribution is 0.101. The first kappa shape index (κ1) is 29.0. The summed E-state index contributed by atoms with van der Waals surface area (Å²) in [5, 5.41) is 6.29. The Hall–Kier alpha value is -4.06. The van der Waals surface area contributed by atoms with Gasteiger partial charge >= 0.3 is 6.03 Å². The van der Waals surface area contributed by atoms with E-state index < -0.39 is 0 Å². The minimum Gasteiger partial charge on any atom is -0.497 e. The monoisotopic (exact) mass is 587 g/mol. The van der Waals surface area contributed by atoms with E-state index in [4.69, 9.17) is 9.47 Å². The van der Waals surface area contributed by atoms with Crippen LogP contribution in [-0.4, -0.2) is 118 Å². The summed E-state index contributed by atoms with van der Waals surface area (Å²) in [6.45, 7) is 9.74. The number of aromatic nitrogens is 1. The summed E-state index contributed by atoms with van der Waals surface area (Å²) in [6.07, 6.45) is 1.90. The molecule has 2 N–H and O–H groups in total. The van der Waals surface area contributed by atoms with Gasteiger partial charge in [-0.05, 0) is 56.6 Å². The molecule has 2 aromatic carbocycles. The van der Waals surface area contributed by atoms with Crippen LogP contribution in [0.3, 0.4) is 0 Å². The van der Waals surface area contributed by atoms with Crippen LogP contribution in [0.25, 0.3) is 17.0 Å². The van der Waals surface area contributed by atoms with Crippen LogP contribution in [0.4, 0.5) is 16.3 Å². The van der Waals surface area contributed by atoms with Gasteiger partial charge in [-0.2, -0.15) is 0 Å².